The van der Waals surface area contributed by atoms with Gasteiger partial charge in [-0.2, -0.15) is 5.01 Å². The molecule has 0 aromatic carbocycles. The van der Waals surface area contributed by atoms with Crippen LogP contribution in [0.25, 0.3) is 11.0 Å². The van der Waals surface area contributed by atoms with E-state index in [0.29, 0.717) is 35.4 Å². The van der Waals surface area contributed by atoms with Crippen LogP contribution in [0.4, 0.5) is 4.79 Å². The quantitative estimate of drug-likeness (QED) is 0.764. The van der Waals surface area contributed by atoms with Gasteiger partial charge >= 0.3 is 6.03 Å². The number of nitrogens with zero attached hydrogens (tertiary/aromatic N) is 3. The first-order valence-corrected chi connectivity index (χ1v) is 9.85. The number of aromatic nitrogens is 2. The Morgan fingerprint density at radius 2 is 1.93 bits per heavy atom. The molecule has 2 fully saturated rings. The van der Waals surface area contributed by atoms with Crippen molar-refractivity contribution in [3.8, 4) is 0 Å². The average Bonchev–Trinajstić information content (AvgIpc) is 2.92. The van der Waals surface area contributed by atoms with Gasteiger partial charge in [-0.25, -0.2) is 9.78 Å². The molecule has 29 heavy (non-hydrogen) atoms. The van der Waals surface area contributed by atoms with Crippen molar-refractivity contribution in [2.45, 2.75) is 58.0 Å². The van der Waals surface area contributed by atoms with Crippen LogP contribution in [0.2, 0.25) is 0 Å². The van der Waals surface area contributed by atoms with Crippen molar-refractivity contribution >= 4 is 28.9 Å². The Labute approximate surface area is 167 Å². The Kier molecular flexibility index (Phi) is 4.60. The van der Waals surface area contributed by atoms with Gasteiger partial charge in [0.05, 0.1) is 5.39 Å². The first-order valence-electron chi connectivity index (χ1n) is 9.85. The molecule has 4 amide bonds. The van der Waals surface area contributed by atoms with E-state index in [0.717, 1.165) is 25.0 Å². The maximum Gasteiger partial charge on any atom is 0.344 e. The van der Waals surface area contributed by atoms with Gasteiger partial charge in [0, 0.05) is 18.4 Å². The highest BCUT2D eigenvalue weighted by Gasteiger charge is 2.52. The second-order valence-electron chi connectivity index (χ2n) is 7.64. The van der Waals surface area contributed by atoms with Crippen LogP contribution < -0.4 is 16.2 Å². The Bertz CT molecular complexity index is 1080. The second kappa shape index (κ2) is 6.98. The monoisotopic (exact) mass is 397 g/mol. The molecule has 1 aliphatic heterocycles. The van der Waals surface area contributed by atoms with Gasteiger partial charge in [-0.3, -0.25) is 19.8 Å². The largest absolute Gasteiger partial charge is 0.344 e. The van der Waals surface area contributed by atoms with E-state index >= 15 is 0 Å². The number of rotatable bonds is 3. The Balaban J connectivity index is 1.67. The molecule has 0 unspecified atom stereocenters. The predicted molar refractivity (Wildman–Crippen MR) is 105 cm³/mol. The number of urea groups is 1. The molecular formula is C20H23N5O4. The summed E-state index contributed by atoms with van der Waals surface area (Å²) >= 11 is 0. The van der Waals surface area contributed by atoms with Gasteiger partial charge in [0.1, 0.15) is 16.7 Å². The van der Waals surface area contributed by atoms with E-state index in [4.69, 9.17) is 0 Å². The topological polar surface area (TPSA) is 113 Å². The van der Waals surface area contributed by atoms with E-state index in [1.807, 2.05) is 13.8 Å². The molecule has 1 spiro atoms. The van der Waals surface area contributed by atoms with Crippen LogP contribution in [0, 0.1) is 6.92 Å². The summed E-state index contributed by atoms with van der Waals surface area (Å²) in [5.41, 5.74) is 2.00. The molecule has 1 aliphatic carbocycles. The Hall–Kier alpha value is -3.23. The van der Waals surface area contributed by atoms with E-state index in [1.54, 1.807) is 16.7 Å². The standard InChI is InChI=1S/C20H23N5O4/c1-3-24-11-14(15(26)13-8-7-12(2)21-16(13)24)17(27)23-25-18(28)20(22-19(25)29)9-5-4-6-10-20/h7-8,11H,3-6,9-10H2,1-2H3,(H,22,29)(H,23,27). The molecule has 4 rings (SSSR count). The van der Waals surface area contributed by atoms with Crippen molar-refractivity contribution in [3.63, 3.8) is 0 Å². The minimum Gasteiger partial charge on any atom is -0.332 e. The number of fused-ring (bicyclic) bond motifs is 1. The molecule has 1 saturated heterocycles. The van der Waals surface area contributed by atoms with E-state index in [-0.39, 0.29) is 5.56 Å². The van der Waals surface area contributed by atoms with Gasteiger partial charge in [0.15, 0.2) is 0 Å². The van der Waals surface area contributed by atoms with E-state index < -0.39 is 28.8 Å². The molecule has 2 aliphatic rings. The zero-order chi connectivity index (χ0) is 20.8. The molecule has 0 radical (unpaired) electrons. The Morgan fingerprint density at radius 3 is 2.62 bits per heavy atom. The summed E-state index contributed by atoms with van der Waals surface area (Å²) in [5.74, 6) is -1.26. The van der Waals surface area contributed by atoms with Crippen LogP contribution in [0.3, 0.4) is 0 Å². The summed E-state index contributed by atoms with van der Waals surface area (Å²) in [7, 11) is 0. The number of carbonyl (C=O) groups is 3. The van der Waals surface area contributed by atoms with Crippen LogP contribution >= 0.6 is 0 Å². The fourth-order valence-corrected chi connectivity index (χ4v) is 4.14. The molecule has 2 aromatic heterocycles. The van der Waals surface area contributed by atoms with Crippen molar-refractivity contribution in [1.29, 1.82) is 0 Å². The lowest BCUT2D eigenvalue weighted by Gasteiger charge is -2.30. The highest BCUT2D eigenvalue weighted by molar-refractivity contribution is 6.09. The molecule has 9 heteroatoms. The minimum atomic E-state index is -0.947. The van der Waals surface area contributed by atoms with Crippen molar-refractivity contribution in [2.75, 3.05) is 0 Å². The Morgan fingerprint density at radius 1 is 1.21 bits per heavy atom. The lowest BCUT2D eigenvalue weighted by atomic mass is 9.82. The molecule has 0 bridgehead atoms. The number of hydrazine groups is 1. The number of nitrogens with one attached hydrogen (secondary N) is 2. The zero-order valence-corrected chi connectivity index (χ0v) is 16.4. The smallest absolute Gasteiger partial charge is 0.332 e. The number of amides is 4. The van der Waals surface area contributed by atoms with Gasteiger partial charge in [-0.15, -0.1) is 0 Å². The summed E-state index contributed by atoms with van der Waals surface area (Å²) in [4.78, 5) is 55.3. The number of hydrogen-bond acceptors (Lipinski definition) is 5. The highest BCUT2D eigenvalue weighted by Crippen LogP contribution is 2.33. The lowest BCUT2D eigenvalue weighted by Crippen LogP contribution is -2.51. The summed E-state index contributed by atoms with van der Waals surface area (Å²) in [6, 6.07) is 2.67. The summed E-state index contributed by atoms with van der Waals surface area (Å²) in [6.45, 7) is 4.20. The van der Waals surface area contributed by atoms with Gasteiger partial charge < -0.3 is 9.88 Å². The first kappa shape index (κ1) is 19.1. The van der Waals surface area contributed by atoms with Crippen molar-refractivity contribution < 1.29 is 14.4 Å². The van der Waals surface area contributed by atoms with Crippen LogP contribution in [-0.2, 0) is 11.3 Å². The predicted octanol–water partition coefficient (Wildman–Crippen LogP) is 1.62. The third-order valence-electron chi connectivity index (χ3n) is 5.73. The molecule has 1 saturated carbocycles. The van der Waals surface area contributed by atoms with Crippen molar-refractivity contribution in [1.82, 2.24) is 25.3 Å². The van der Waals surface area contributed by atoms with Gasteiger partial charge in [-0.1, -0.05) is 19.3 Å². The molecule has 3 heterocycles. The molecular weight excluding hydrogens is 374 g/mol. The number of pyridine rings is 2. The van der Waals surface area contributed by atoms with Crippen molar-refractivity contribution in [2.24, 2.45) is 0 Å². The maximum absolute atomic E-state index is 12.9. The molecule has 152 valence electrons. The second-order valence-corrected chi connectivity index (χ2v) is 7.64. The van der Waals surface area contributed by atoms with Crippen LogP contribution in [-0.4, -0.2) is 37.9 Å². The summed E-state index contributed by atoms with van der Waals surface area (Å²) < 4.78 is 1.70. The average molecular weight is 397 g/mol. The first-order chi connectivity index (χ1) is 13.9. The number of imide groups is 1. The van der Waals surface area contributed by atoms with Crippen LogP contribution in [0.15, 0.2) is 23.1 Å². The third kappa shape index (κ3) is 3.06. The normalized spacial score (nSPS) is 18.3. The number of aryl methyl sites for hydroxylation is 2. The zero-order valence-electron chi connectivity index (χ0n) is 16.4. The molecule has 2 aromatic rings. The van der Waals surface area contributed by atoms with Crippen LogP contribution in [0.5, 0.6) is 0 Å². The maximum atomic E-state index is 12.9. The molecule has 0 atom stereocenters. The van der Waals surface area contributed by atoms with E-state index in [1.165, 1.54) is 6.20 Å². The van der Waals surface area contributed by atoms with Crippen LogP contribution in [0.1, 0.15) is 55.1 Å². The fourth-order valence-electron chi connectivity index (χ4n) is 4.14. The van der Waals surface area contributed by atoms with Gasteiger partial charge in [0.2, 0.25) is 5.43 Å². The SMILES string of the molecule is CCn1cc(C(=O)NN2C(=O)NC3(CCCCC3)C2=O)c(=O)c2ccc(C)nc21. The fraction of sp³-hybridized carbons (Fsp3) is 0.450. The van der Waals surface area contributed by atoms with Crippen molar-refractivity contribution in [3.05, 3.63) is 39.8 Å². The van der Waals surface area contributed by atoms with Gasteiger partial charge in [0.25, 0.3) is 11.8 Å². The lowest BCUT2D eigenvalue weighted by molar-refractivity contribution is -0.134. The van der Waals surface area contributed by atoms with E-state index in [2.05, 4.69) is 15.7 Å². The highest BCUT2D eigenvalue weighted by atomic mass is 16.2. The molecule has 9 nitrogen and oxygen atoms in total. The third-order valence-corrected chi connectivity index (χ3v) is 5.73. The van der Waals surface area contributed by atoms with E-state index in [9.17, 15) is 19.2 Å². The molecule has 2 N–H and O–H groups in total. The minimum absolute atomic E-state index is 0.143. The number of carbonyl (C=O) groups excluding carboxylic acids is 3. The summed E-state index contributed by atoms with van der Waals surface area (Å²) in [6.07, 6.45) is 5.21. The van der Waals surface area contributed by atoms with Gasteiger partial charge in [-0.05, 0) is 38.8 Å². The summed E-state index contributed by atoms with van der Waals surface area (Å²) in [5, 5.41) is 3.75. The number of hydrogen-bond donors (Lipinski definition) is 2.